The summed E-state index contributed by atoms with van der Waals surface area (Å²) in [7, 11) is 0. The van der Waals surface area contributed by atoms with Crippen molar-refractivity contribution in [3.05, 3.63) is 59.4 Å². The van der Waals surface area contributed by atoms with Crippen LogP contribution in [0.3, 0.4) is 0 Å². The topological polar surface area (TPSA) is 85.0 Å². The first-order valence-corrected chi connectivity index (χ1v) is 9.55. The van der Waals surface area contributed by atoms with E-state index in [1.807, 2.05) is 30.9 Å². The first-order chi connectivity index (χ1) is 13.6. The second-order valence-electron chi connectivity index (χ2n) is 7.42. The van der Waals surface area contributed by atoms with Gasteiger partial charge in [-0.25, -0.2) is 4.98 Å². The predicted octanol–water partition coefficient (Wildman–Crippen LogP) is 3.24. The van der Waals surface area contributed by atoms with E-state index >= 15 is 0 Å². The van der Waals surface area contributed by atoms with Crippen LogP contribution in [0, 0.1) is 19.8 Å². The Balaban J connectivity index is 1.34. The number of rotatable bonds is 4. The third-order valence-corrected chi connectivity index (χ3v) is 5.09. The van der Waals surface area contributed by atoms with Gasteiger partial charge in [-0.15, -0.1) is 0 Å². The van der Waals surface area contributed by atoms with E-state index in [1.165, 1.54) is 0 Å². The lowest BCUT2D eigenvalue weighted by Gasteiger charge is -2.31. The molecule has 7 heteroatoms. The third-order valence-electron chi connectivity index (χ3n) is 5.09. The first kappa shape index (κ1) is 18.3. The molecule has 0 saturated carbocycles. The standard InChI is InChI=1S/C21H23N5O2/c1-14-9-15(2)11-17(10-14)21(27)26-7-3-16(4-8-26)12-19-24-20(25-28-19)18-13-22-5-6-23-18/h5-6,9-11,13,16H,3-4,7-8,12H2,1-2H3. The van der Waals surface area contributed by atoms with Crippen LogP contribution < -0.4 is 0 Å². The summed E-state index contributed by atoms with van der Waals surface area (Å²) in [5.41, 5.74) is 3.62. The molecule has 3 heterocycles. The van der Waals surface area contributed by atoms with Crippen LogP contribution in [-0.2, 0) is 6.42 Å². The average Bonchev–Trinajstić information content (AvgIpc) is 3.16. The van der Waals surface area contributed by atoms with Gasteiger partial charge in [0.15, 0.2) is 0 Å². The predicted molar refractivity (Wildman–Crippen MR) is 104 cm³/mol. The average molecular weight is 377 g/mol. The highest BCUT2D eigenvalue weighted by Crippen LogP contribution is 2.24. The van der Waals surface area contributed by atoms with Crippen LogP contribution >= 0.6 is 0 Å². The molecule has 1 aliphatic heterocycles. The molecule has 0 N–H and O–H groups in total. The number of aryl methyl sites for hydroxylation is 2. The van der Waals surface area contributed by atoms with Crippen molar-refractivity contribution in [2.24, 2.45) is 5.92 Å². The minimum absolute atomic E-state index is 0.118. The molecule has 1 aromatic carbocycles. The zero-order valence-corrected chi connectivity index (χ0v) is 16.1. The second-order valence-corrected chi connectivity index (χ2v) is 7.42. The van der Waals surface area contributed by atoms with Gasteiger partial charge in [0.1, 0.15) is 5.69 Å². The van der Waals surface area contributed by atoms with E-state index in [9.17, 15) is 4.79 Å². The summed E-state index contributed by atoms with van der Waals surface area (Å²) in [6.07, 6.45) is 7.41. The van der Waals surface area contributed by atoms with Crippen LogP contribution in [0.5, 0.6) is 0 Å². The van der Waals surface area contributed by atoms with Crippen LogP contribution in [0.2, 0.25) is 0 Å². The van der Waals surface area contributed by atoms with Crippen molar-refractivity contribution in [2.45, 2.75) is 33.1 Å². The molecule has 144 valence electrons. The minimum atomic E-state index is 0.118. The largest absolute Gasteiger partial charge is 0.339 e. The van der Waals surface area contributed by atoms with Gasteiger partial charge in [-0.2, -0.15) is 4.98 Å². The van der Waals surface area contributed by atoms with Crippen LogP contribution in [0.1, 0.15) is 40.2 Å². The number of amides is 1. The van der Waals surface area contributed by atoms with Crippen LogP contribution in [0.25, 0.3) is 11.5 Å². The summed E-state index contributed by atoms with van der Waals surface area (Å²) in [6.45, 7) is 5.55. The van der Waals surface area contributed by atoms with E-state index in [0.717, 1.165) is 49.0 Å². The number of carbonyl (C=O) groups is 1. The lowest BCUT2D eigenvalue weighted by atomic mass is 9.93. The third kappa shape index (κ3) is 4.08. The van der Waals surface area contributed by atoms with E-state index in [4.69, 9.17) is 4.52 Å². The quantitative estimate of drug-likeness (QED) is 0.694. The summed E-state index contributed by atoms with van der Waals surface area (Å²) in [4.78, 5) is 27.4. The normalized spacial score (nSPS) is 15.0. The fraction of sp³-hybridized carbons (Fsp3) is 0.381. The van der Waals surface area contributed by atoms with E-state index < -0.39 is 0 Å². The van der Waals surface area contributed by atoms with Crippen LogP contribution in [0.4, 0.5) is 0 Å². The Morgan fingerprint density at radius 3 is 2.57 bits per heavy atom. The second kappa shape index (κ2) is 7.88. The molecule has 0 spiro atoms. The maximum absolute atomic E-state index is 12.8. The zero-order chi connectivity index (χ0) is 19.5. The summed E-state index contributed by atoms with van der Waals surface area (Å²) in [5.74, 6) is 1.62. The molecule has 28 heavy (non-hydrogen) atoms. The number of aromatic nitrogens is 4. The van der Waals surface area contributed by atoms with E-state index in [-0.39, 0.29) is 5.91 Å². The Labute approximate surface area is 163 Å². The lowest BCUT2D eigenvalue weighted by Crippen LogP contribution is -2.39. The van der Waals surface area contributed by atoms with E-state index in [2.05, 4.69) is 26.2 Å². The van der Waals surface area contributed by atoms with E-state index in [0.29, 0.717) is 23.3 Å². The molecule has 2 aromatic heterocycles. The monoisotopic (exact) mass is 377 g/mol. The maximum atomic E-state index is 12.8. The SMILES string of the molecule is Cc1cc(C)cc(C(=O)N2CCC(Cc3nc(-c4cnccn4)no3)CC2)c1. The number of likely N-dealkylation sites (tertiary alicyclic amines) is 1. The molecule has 1 saturated heterocycles. The number of hydrogen-bond donors (Lipinski definition) is 0. The highest BCUT2D eigenvalue weighted by Gasteiger charge is 2.25. The van der Waals surface area contributed by atoms with Gasteiger partial charge in [0.2, 0.25) is 11.7 Å². The molecule has 1 aliphatic rings. The number of piperidine rings is 1. The van der Waals surface area contributed by atoms with Crippen molar-refractivity contribution in [1.82, 2.24) is 25.0 Å². The maximum Gasteiger partial charge on any atom is 0.253 e. The summed E-state index contributed by atoms with van der Waals surface area (Å²) in [6, 6.07) is 6.02. The van der Waals surface area contributed by atoms with Crippen molar-refractivity contribution < 1.29 is 9.32 Å². The number of nitrogens with zero attached hydrogens (tertiary/aromatic N) is 5. The molecule has 4 rings (SSSR count). The van der Waals surface area contributed by atoms with Gasteiger partial charge in [0, 0.05) is 37.5 Å². The lowest BCUT2D eigenvalue weighted by molar-refractivity contribution is 0.0687. The molecule has 0 bridgehead atoms. The zero-order valence-electron chi connectivity index (χ0n) is 16.1. The fourth-order valence-electron chi connectivity index (χ4n) is 3.72. The fourth-order valence-corrected chi connectivity index (χ4v) is 3.72. The van der Waals surface area contributed by atoms with Gasteiger partial charge in [-0.3, -0.25) is 9.78 Å². The summed E-state index contributed by atoms with van der Waals surface area (Å²) < 4.78 is 5.38. The molecule has 7 nitrogen and oxygen atoms in total. The molecule has 1 amide bonds. The van der Waals surface area contributed by atoms with Crippen molar-refractivity contribution in [3.8, 4) is 11.5 Å². The molecular weight excluding hydrogens is 354 g/mol. The van der Waals surface area contributed by atoms with Crippen LogP contribution in [0.15, 0.2) is 41.3 Å². The highest BCUT2D eigenvalue weighted by molar-refractivity contribution is 5.94. The van der Waals surface area contributed by atoms with Crippen molar-refractivity contribution in [1.29, 1.82) is 0 Å². The molecule has 0 unspecified atom stereocenters. The van der Waals surface area contributed by atoms with Gasteiger partial charge in [0.25, 0.3) is 5.91 Å². The van der Waals surface area contributed by atoms with Gasteiger partial charge in [0.05, 0.1) is 6.20 Å². The van der Waals surface area contributed by atoms with Crippen LogP contribution in [-0.4, -0.2) is 44.0 Å². The Hall–Kier alpha value is -3.09. The van der Waals surface area contributed by atoms with Crippen molar-refractivity contribution in [3.63, 3.8) is 0 Å². The Bertz CT molecular complexity index is 942. The first-order valence-electron chi connectivity index (χ1n) is 9.55. The Morgan fingerprint density at radius 1 is 1.14 bits per heavy atom. The Kier molecular flexibility index (Phi) is 5.14. The van der Waals surface area contributed by atoms with Gasteiger partial charge < -0.3 is 9.42 Å². The minimum Gasteiger partial charge on any atom is -0.339 e. The smallest absolute Gasteiger partial charge is 0.253 e. The summed E-state index contributed by atoms with van der Waals surface area (Å²) >= 11 is 0. The van der Waals surface area contributed by atoms with Gasteiger partial charge in [-0.1, -0.05) is 22.3 Å². The molecule has 0 atom stereocenters. The number of hydrogen-bond acceptors (Lipinski definition) is 6. The number of carbonyl (C=O) groups excluding carboxylic acids is 1. The molecule has 1 fully saturated rings. The molecular formula is C21H23N5O2. The van der Waals surface area contributed by atoms with E-state index in [1.54, 1.807) is 18.6 Å². The van der Waals surface area contributed by atoms with Crippen molar-refractivity contribution >= 4 is 5.91 Å². The molecule has 0 aliphatic carbocycles. The molecule has 3 aromatic rings. The van der Waals surface area contributed by atoms with Crippen molar-refractivity contribution in [2.75, 3.05) is 13.1 Å². The molecule has 0 radical (unpaired) electrons. The van der Waals surface area contributed by atoms with Gasteiger partial charge >= 0.3 is 0 Å². The highest BCUT2D eigenvalue weighted by atomic mass is 16.5. The summed E-state index contributed by atoms with van der Waals surface area (Å²) in [5, 5.41) is 4.00. The Morgan fingerprint density at radius 2 is 1.89 bits per heavy atom. The number of benzene rings is 1. The van der Waals surface area contributed by atoms with Gasteiger partial charge in [-0.05, 0) is 44.7 Å².